The lowest BCUT2D eigenvalue weighted by Gasteiger charge is -1.96. The molecule has 0 saturated heterocycles. The second kappa shape index (κ2) is 4.47. The number of hydrogen-bond acceptors (Lipinski definition) is 2. The van der Waals surface area contributed by atoms with E-state index in [0.29, 0.717) is 11.3 Å². The molecule has 2 aromatic carbocycles. The fourth-order valence-electron chi connectivity index (χ4n) is 1.92. The molecule has 0 amide bonds. The standard InChI is InChI=1S/C17H10O2/c1-12-16-11-14(9-10-15(16)17(18)19-12)8-7-13-5-3-2-4-6-13/h2-6,9-11H,1H2. The van der Waals surface area contributed by atoms with E-state index in [9.17, 15) is 4.79 Å². The molecule has 0 spiro atoms. The van der Waals surface area contributed by atoms with Gasteiger partial charge < -0.3 is 4.74 Å². The first kappa shape index (κ1) is 11.3. The van der Waals surface area contributed by atoms with Gasteiger partial charge in [-0.3, -0.25) is 0 Å². The van der Waals surface area contributed by atoms with Crippen LogP contribution >= 0.6 is 0 Å². The smallest absolute Gasteiger partial charge is 0.344 e. The molecule has 0 unspecified atom stereocenters. The van der Waals surface area contributed by atoms with E-state index in [1.165, 1.54) is 0 Å². The lowest BCUT2D eigenvalue weighted by atomic mass is 10.0. The van der Waals surface area contributed by atoms with Crippen molar-refractivity contribution < 1.29 is 9.53 Å². The van der Waals surface area contributed by atoms with Crippen LogP contribution in [-0.2, 0) is 4.74 Å². The van der Waals surface area contributed by atoms with E-state index in [4.69, 9.17) is 4.74 Å². The third-order valence-corrected chi connectivity index (χ3v) is 2.88. The Kier molecular flexibility index (Phi) is 2.66. The zero-order valence-electron chi connectivity index (χ0n) is 10.1. The summed E-state index contributed by atoms with van der Waals surface area (Å²) in [6.45, 7) is 3.71. The van der Waals surface area contributed by atoms with Gasteiger partial charge in [-0.25, -0.2) is 4.79 Å². The maximum absolute atomic E-state index is 11.4. The fourth-order valence-corrected chi connectivity index (χ4v) is 1.92. The van der Waals surface area contributed by atoms with Gasteiger partial charge in [-0.05, 0) is 30.3 Å². The van der Waals surface area contributed by atoms with Gasteiger partial charge in [0.1, 0.15) is 5.76 Å². The summed E-state index contributed by atoms with van der Waals surface area (Å²) in [5, 5.41) is 0. The van der Waals surface area contributed by atoms with Crippen LogP contribution in [0.4, 0.5) is 0 Å². The van der Waals surface area contributed by atoms with Crippen LogP contribution in [-0.4, -0.2) is 5.97 Å². The van der Waals surface area contributed by atoms with Gasteiger partial charge in [0.05, 0.1) is 5.56 Å². The van der Waals surface area contributed by atoms with E-state index in [1.807, 2.05) is 42.5 Å². The molecule has 1 aliphatic rings. The van der Waals surface area contributed by atoms with Crippen LogP contribution in [0, 0.1) is 11.8 Å². The van der Waals surface area contributed by atoms with Crippen molar-refractivity contribution in [2.45, 2.75) is 0 Å². The van der Waals surface area contributed by atoms with Gasteiger partial charge in [0.15, 0.2) is 0 Å². The molecule has 1 heterocycles. The highest BCUT2D eigenvalue weighted by molar-refractivity contribution is 6.02. The predicted molar refractivity (Wildman–Crippen MR) is 73.3 cm³/mol. The summed E-state index contributed by atoms with van der Waals surface area (Å²) in [4.78, 5) is 11.4. The summed E-state index contributed by atoms with van der Waals surface area (Å²) in [7, 11) is 0. The van der Waals surface area contributed by atoms with Crippen molar-refractivity contribution in [3.05, 3.63) is 77.4 Å². The van der Waals surface area contributed by atoms with Crippen LogP contribution in [0.25, 0.3) is 5.76 Å². The first-order valence-electron chi connectivity index (χ1n) is 5.86. The maximum Gasteiger partial charge on any atom is 0.344 e. The SMILES string of the molecule is C=C1OC(=O)c2ccc(C#Cc3ccccc3)cc21. The predicted octanol–water partition coefficient (Wildman–Crippen LogP) is 3.23. The summed E-state index contributed by atoms with van der Waals surface area (Å²) < 4.78 is 4.97. The summed E-state index contributed by atoms with van der Waals surface area (Å²) in [6.07, 6.45) is 0. The first-order chi connectivity index (χ1) is 9.24. The van der Waals surface area contributed by atoms with Gasteiger partial charge in [-0.15, -0.1) is 0 Å². The van der Waals surface area contributed by atoms with Gasteiger partial charge >= 0.3 is 5.97 Å². The zero-order valence-corrected chi connectivity index (χ0v) is 10.1. The molecule has 0 bridgehead atoms. The monoisotopic (exact) mass is 246 g/mol. The van der Waals surface area contributed by atoms with Crippen molar-refractivity contribution >= 4 is 11.7 Å². The van der Waals surface area contributed by atoms with Gasteiger partial charge in [-0.2, -0.15) is 0 Å². The number of cyclic esters (lactones) is 1. The maximum atomic E-state index is 11.4. The Bertz CT molecular complexity index is 731. The minimum atomic E-state index is -0.345. The Morgan fingerprint density at radius 3 is 2.42 bits per heavy atom. The molecule has 0 aromatic heterocycles. The number of benzene rings is 2. The molecular formula is C17H10O2. The van der Waals surface area contributed by atoms with Gasteiger partial charge in [0, 0.05) is 16.7 Å². The number of carbonyl (C=O) groups is 1. The number of ether oxygens (including phenoxy) is 1. The first-order valence-corrected chi connectivity index (χ1v) is 5.86. The Labute approximate surface area is 111 Å². The van der Waals surface area contributed by atoms with Crippen molar-refractivity contribution in [3.8, 4) is 11.8 Å². The van der Waals surface area contributed by atoms with Crippen molar-refractivity contribution in [2.24, 2.45) is 0 Å². The second-order valence-corrected chi connectivity index (χ2v) is 4.19. The molecule has 0 aliphatic carbocycles. The summed E-state index contributed by atoms with van der Waals surface area (Å²) in [5.74, 6) is 6.19. The molecular weight excluding hydrogens is 236 g/mol. The topological polar surface area (TPSA) is 26.3 Å². The molecule has 0 N–H and O–H groups in total. The number of esters is 1. The summed E-state index contributed by atoms with van der Waals surface area (Å²) >= 11 is 0. The van der Waals surface area contributed by atoms with E-state index < -0.39 is 0 Å². The average molecular weight is 246 g/mol. The Balaban J connectivity index is 1.97. The van der Waals surface area contributed by atoms with Crippen molar-refractivity contribution in [2.75, 3.05) is 0 Å². The van der Waals surface area contributed by atoms with Crippen molar-refractivity contribution in [1.82, 2.24) is 0 Å². The van der Waals surface area contributed by atoms with E-state index in [-0.39, 0.29) is 5.97 Å². The van der Waals surface area contributed by atoms with E-state index >= 15 is 0 Å². The number of hydrogen-bond donors (Lipinski definition) is 0. The third-order valence-electron chi connectivity index (χ3n) is 2.88. The van der Waals surface area contributed by atoms with Crippen LogP contribution in [0.3, 0.4) is 0 Å². The fraction of sp³-hybridized carbons (Fsp3) is 0. The molecule has 90 valence electrons. The van der Waals surface area contributed by atoms with Crippen molar-refractivity contribution in [3.63, 3.8) is 0 Å². The molecule has 2 nitrogen and oxygen atoms in total. The molecule has 1 aliphatic heterocycles. The van der Waals surface area contributed by atoms with Crippen LogP contribution in [0.2, 0.25) is 0 Å². The highest BCUT2D eigenvalue weighted by Crippen LogP contribution is 2.28. The van der Waals surface area contributed by atoms with E-state index in [0.717, 1.165) is 16.7 Å². The Hall–Kier alpha value is -2.79. The quantitative estimate of drug-likeness (QED) is 0.527. The number of carbonyl (C=O) groups excluding carboxylic acids is 1. The molecule has 0 saturated carbocycles. The minimum Gasteiger partial charge on any atom is -0.423 e. The van der Waals surface area contributed by atoms with Gasteiger partial charge in [0.2, 0.25) is 0 Å². The molecule has 2 aromatic rings. The van der Waals surface area contributed by atoms with Crippen LogP contribution < -0.4 is 0 Å². The van der Waals surface area contributed by atoms with Gasteiger partial charge in [-0.1, -0.05) is 36.6 Å². The highest BCUT2D eigenvalue weighted by atomic mass is 16.5. The lowest BCUT2D eigenvalue weighted by Crippen LogP contribution is -1.92. The zero-order chi connectivity index (χ0) is 13.2. The molecule has 0 radical (unpaired) electrons. The lowest BCUT2D eigenvalue weighted by molar-refractivity contribution is 0.0716. The number of fused-ring (bicyclic) bond motifs is 1. The normalized spacial score (nSPS) is 12.4. The highest BCUT2D eigenvalue weighted by Gasteiger charge is 2.24. The van der Waals surface area contributed by atoms with Crippen LogP contribution in [0.1, 0.15) is 27.0 Å². The third kappa shape index (κ3) is 2.14. The molecule has 0 atom stereocenters. The van der Waals surface area contributed by atoms with E-state index in [1.54, 1.807) is 6.07 Å². The van der Waals surface area contributed by atoms with Gasteiger partial charge in [0.25, 0.3) is 0 Å². The van der Waals surface area contributed by atoms with Crippen molar-refractivity contribution in [1.29, 1.82) is 0 Å². The second-order valence-electron chi connectivity index (χ2n) is 4.19. The summed E-state index contributed by atoms with van der Waals surface area (Å²) in [6, 6.07) is 15.1. The summed E-state index contributed by atoms with van der Waals surface area (Å²) in [5.41, 5.74) is 3.07. The molecule has 3 rings (SSSR count). The Morgan fingerprint density at radius 1 is 0.895 bits per heavy atom. The Morgan fingerprint density at radius 2 is 1.63 bits per heavy atom. The minimum absolute atomic E-state index is 0.345. The largest absolute Gasteiger partial charge is 0.423 e. The van der Waals surface area contributed by atoms with E-state index in [2.05, 4.69) is 18.4 Å². The molecule has 19 heavy (non-hydrogen) atoms. The molecule has 2 heteroatoms. The average Bonchev–Trinajstić information content (AvgIpc) is 2.73. The van der Waals surface area contributed by atoms with Crippen LogP contribution in [0.5, 0.6) is 0 Å². The molecule has 0 fully saturated rings. The number of rotatable bonds is 0. The van der Waals surface area contributed by atoms with Crippen LogP contribution in [0.15, 0.2) is 55.1 Å².